The van der Waals surface area contributed by atoms with Gasteiger partial charge >= 0.3 is 0 Å². The molecule has 1 fully saturated rings. The van der Waals surface area contributed by atoms with Crippen LogP contribution in [0.5, 0.6) is 0 Å². The summed E-state index contributed by atoms with van der Waals surface area (Å²) in [5.74, 6) is -0.282. The van der Waals surface area contributed by atoms with Crippen molar-refractivity contribution in [3.05, 3.63) is 84.4 Å². The molecule has 6 nitrogen and oxygen atoms in total. The fraction of sp³-hybridized carbons (Fsp3) is 0.240. The van der Waals surface area contributed by atoms with Crippen LogP contribution in [0.15, 0.2) is 88.7 Å². The van der Waals surface area contributed by atoms with Gasteiger partial charge in [-0.05, 0) is 81.2 Å². The fourth-order valence-corrected chi connectivity index (χ4v) is 5.16. The number of sulfone groups is 1. The summed E-state index contributed by atoms with van der Waals surface area (Å²) in [4.78, 5) is 17.6. The Kier molecular flexibility index (Phi) is 6.30. The van der Waals surface area contributed by atoms with Crippen LogP contribution in [0.4, 0.5) is 11.4 Å². The van der Waals surface area contributed by atoms with Gasteiger partial charge in [-0.2, -0.15) is 0 Å². The normalized spacial score (nSPS) is 16.3. The van der Waals surface area contributed by atoms with Crippen molar-refractivity contribution in [1.82, 2.24) is 4.90 Å². The first kappa shape index (κ1) is 22.0. The third-order valence-electron chi connectivity index (χ3n) is 5.86. The third kappa shape index (κ3) is 4.69. The summed E-state index contributed by atoms with van der Waals surface area (Å²) in [6, 6.07) is 22.6. The topological polar surface area (TPSA) is 69.7 Å². The predicted molar refractivity (Wildman–Crippen MR) is 127 cm³/mol. The van der Waals surface area contributed by atoms with E-state index in [1.165, 1.54) is 24.3 Å². The summed E-state index contributed by atoms with van der Waals surface area (Å²) >= 11 is 0. The Balaban J connectivity index is 1.41. The lowest BCUT2D eigenvalue weighted by Gasteiger charge is -2.22. The van der Waals surface area contributed by atoms with Crippen LogP contribution in [0.2, 0.25) is 0 Å². The molecule has 7 heteroatoms. The molecule has 1 heterocycles. The highest BCUT2D eigenvalue weighted by molar-refractivity contribution is 7.91. The smallest absolute Gasteiger partial charge is 0.255 e. The van der Waals surface area contributed by atoms with Gasteiger partial charge in [-0.3, -0.25) is 4.79 Å². The molecular formula is C25H27N3O3S. The van der Waals surface area contributed by atoms with E-state index in [0.29, 0.717) is 17.3 Å². The zero-order valence-electron chi connectivity index (χ0n) is 18.2. The van der Waals surface area contributed by atoms with Gasteiger partial charge in [-0.15, -0.1) is 0 Å². The monoisotopic (exact) mass is 449 g/mol. The highest BCUT2D eigenvalue weighted by Gasteiger charge is 2.24. The maximum atomic E-state index is 12.7. The molecule has 1 saturated heterocycles. The van der Waals surface area contributed by atoms with Crippen LogP contribution in [0.25, 0.3) is 0 Å². The molecule has 0 aliphatic carbocycles. The Morgan fingerprint density at radius 3 is 2.12 bits per heavy atom. The number of rotatable bonds is 6. The molecule has 1 atom stereocenters. The number of carbonyl (C=O) groups is 1. The van der Waals surface area contributed by atoms with E-state index in [2.05, 4.69) is 29.2 Å². The summed E-state index contributed by atoms with van der Waals surface area (Å²) in [7, 11) is 0.613. The van der Waals surface area contributed by atoms with Crippen LogP contribution in [0.1, 0.15) is 16.8 Å². The van der Waals surface area contributed by atoms with Crippen molar-refractivity contribution in [1.29, 1.82) is 0 Å². The summed E-state index contributed by atoms with van der Waals surface area (Å²) in [5, 5.41) is 2.88. The average molecular weight is 450 g/mol. The van der Waals surface area contributed by atoms with Gasteiger partial charge in [0.25, 0.3) is 5.91 Å². The standard InChI is InChI=1S/C25H27N3O3S/c1-27(2)22-16-17-28(18-22)21-12-10-20(11-13-21)26-25(29)19-8-14-24(15-9-19)32(30,31)23-6-4-3-5-7-23/h3-15,22H,16-18H2,1-2H3,(H,26,29). The largest absolute Gasteiger partial charge is 0.370 e. The van der Waals surface area contributed by atoms with Gasteiger partial charge in [0.2, 0.25) is 9.84 Å². The second-order valence-electron chi connectivity index (χ2n) is 8.19. The van der Waals surface area contributed by atoms with Crippen LogP contribution < -0.4 is 10.2 Å². The van der Waals surface area contributed by atoms with Crippen molar-refractivity contribution < 1.29 is 13.2 Å². The zero-order valence-corrected chi connectivity index (χ0v) is 19.0. The maximum Gasteiger partial charge on any atom is 0.255 e. The van der Waals surface area contributed by atoms with E-state index in [0.717, 1.165) is 25.2 Å². The predicted octanol–water partition coefficient (Wildman–Crippen LogP) is 3.91. The first-order chi connectivity index (χ1) is 15.3. The van der Waals surface area contributed by atoms with Crippen molar-refractivity contribution in [3.8, 4) is 0 Å². The van der Waals surface area contributed by atoms with E-state index < -0.39 is 9.84 Å². The van der Waals surface area contributed by atoms with E-state index in [4.69, 9.17) is 0 Å². The van der Waals surface area contributed by atoms with Gasteiger partial charge in [0, 0.05) is 36.1 Å². The van der Waals surface area contributed by atoms with Gasteiger partial charge in [0.05, 0.1) is 9.79 Å². The Hall–Kier alpha value is -3.16. The lowest BCUT2D eigenvalue weighted by molar-refractivity contribution is 0.102. The molecule has 166 valence electrons. The zero-order chi connectivity index (χ0) is 22.7. The van der Waals surface area contributed by atoms with Gasteiger partial charge < -0.3 is 15.1 Å². The molecule has 1 aliphatic rings. The van der Waals surface area contributed by atoms with E-state index in [9.17, 15) is 13.2 Å². The molecule has 3 aromatic rings. The molecule has 32 heavy (non-hydrogen) atoms. The second-order valence-corrected chi connectivity index (χ2v) is 10.1. The summed E-state index contributed by atoms with van der Waals surface area (Å²) < 4.78 is 25.4. The lowest BCUT2D eigenvalue weighted by Crippen LogP contribution is -2.31. The number of nitrogens with zero attached hydrogens (tertiary/aromatic N) is 2. The van der Waals surface area contributed by atoms with Gasteiger partial charge in [-0.1, -0.05) is 18.2 Å². The van der Waals surface area contributed by atoms with Crippen molar-refractivity contribution in [2.24, 2.45) is 0 Å². The van der Waals surface area contributed by atoms with Gasteiger partial charge in [0.15, 0.2) is 0 Å². The molecule has 0 spiro atoms. The summed E-state index contributed by atoms with van der Waals surface area (Å²) in [5.41, 5.74) is 2.24. The molecule has 1 aliphatic heterocycles. The minimum Gasteiger partial charge on any atom is -0.370 e. The second kappa shape index (κ2) is 9.14. The van der Waals surface area contributed by atoms with Crippen LogP contribution in [-0.2, 0) is 9.84 Å². The number of hydrogen-bond acceptors (Lipinski definition) is 5. The highest BCUT2D eigenvalue weighted by Crippen LogP contribution is 2.25. The van der Waals surface area contributed by atoms with Crippen LogP contribution >= 0.6 is 0 Å². The first-order valence-corrected chi connectivity index (χ1v) is 12.1. The molecule has 1 amide bonds. The SMILES string of the molecule is CN(C)C1CCN(c2ccc(NC(=O)c3ccc(S(=O)(=O)c4ccccc4)cc3)cc2)C1. The molecule has 1 unspecified atom stereocenters. The highest BCUT2D eigenvalue weighted by atomic mass is 32.2. The quantitative estimate of drug-likeness (QED) is 0.618. The van der Waals surface area contributed by atoms with Crippen LogP contribution in [-0.4, -0.2) is 52.5 Å². The summed E-state index contributed by atoms with van der Waals surface area (Å²) in [6.45, 7) is 2.02. The molecule has 4 rings (SSSR count). The Labute approximate surface area is 189 Å². The van der Waals surface area contributed by atoms with Crippen molar-refractivity contribution in [3.63, 3.8) is 0 Å². The molecular weight excluding hydrogens is 422 g/mol. The molecule has 0 saturated carbocycles. The fourth-order valence-electron chi connectivity index (χ4n) is 3.88. The lowest BCUT2D eigenvalue weighted by atomic mass is 10.2. The molecule has 0 aromatic heterocycles. The van der Waals surface area contributed by atoms with E-state index in [1.807, 2.05) is 24.3 Å². The number of likely N-dealkylation sites (N-methyl/N-ethyl adjacent to an activating group) is 1. The Bertz CT molecular complexity index is 1180. The van der Waals surface area contributed by atoms with Crippen LogP contribution in [0.3, 0.4) is 0 Å². The van der Waals surface area contributed by atoms with Gasteiger partial charge in [0.1, 0.15) is 0 Å². The van der Waals surface area contributed by atoms with E-state index in [-0.39, 0.29) is 15.7 Å². The molecule has 1 N–H and O–H groups in total. The third-order valence-corrected chi connectivity index (χ3v) is 7.65. The Morgan fingerprint density at radius 1 is 0.906 bits per heavy atom. The number of hydrogen-bond donors (Lipinski definition) is 1. The molecule has 3 aromatic carbocycles. The van der Waals surface area contributed by atoms with E-state index in [1.54, 1.807) is 30.3 Å². The molecule has 0 bridgehead atoms. The van der Waals surface area contributed by atoms with Crippen molar-refractivity contribution in [2.45, 2.75) is 22.3 Å². The minimum atomic E-state index is -3.60. The number of benzene rings is 3. The van der Waals surface area contributed by atoms with E-state index >= 15 is 0 Å². The first-order valence-electron chi connectivity index (χ1n) is 10.6. The van der Waals surface area contributed by atoms with Crippen LogP contribution in [0, 0.1) is 0 Å². The number of amides is 1. The van der Waals surface area contributed by atoms with Gasteiger partial charge in [-0.25, -0.2) is 8.42 Å². The number of anilines is 2. The molecule has 0 radical (unpaired) electrons. The number of carbonyl (C=O) groups excluding carboxylic acids is 1. The van der Waals surface area contributed by atoms with Crippen molar-refractivity contribution >= 4 is 27.1 Å². The summed E-state index contributed by atoms with van der Waals surface area (Å²) in [6.07, 6.45) is 1.14. The Morgan fingerprint density at radius 2 is 1.53 bits per heavy atom. The average Bonchev–Trinajstić information content (AvgIpc) is 3.31. The number of nitrogens with one attached hydrogen (secondary N) is 1. The maximum absolute atomic E-state index is 12.7. The minimum absolute atomic E-state index is 0.159. The van der Waals surface area contributed by atoms with Crippen molar-refractivity contribution in [2.75, 3.05) is 37.4 Å².